The lowest BCUT2D eigenvalue weighted by Gasteiger charge is -2.22. The van der Waals surface area contributed by atoms with E-state index in [1.807, 2.05) is 25.8 Å². The van der Waals surface area contributed by atoms with Gasteiger partial charge in [-0.25, -0.2) is 17.8 Å². The third kappa shape index (κ3) is 5.50. The van der Waals surface area contributed by atoms with Crippen LogP contribution in [0.5, 0.6) is 5.75 Å². The maximum Gasteiger partial charge on any atom is 0.221 e. The molecule has 1 saturated heterocycles. The second-order valence-electron chi connectivity index (χ2n) is 8.92. The highest BCUT2D eigenvalue weighted by Gasteiger charge is 2.31. The summed E-state index contributed by atoms with van der Waals surface area (Å²) in [7, 11) is -1.10. The standard InChI is InChI=1S/C23H29FN4O4S/c1-14-11-25-15(2)22(27-14)20-10-17(24)8-16-9-19(32-23(16)20)12-26-21(29)4-6-28(3)18-5-7-33(30,31)13-18/h8,10-11,18-19H,4-7,9,12-13H2,1-3H3,(H,26,29)/t18-,19+/m0/s1. The number of aromatic nitrogens is 2. The molecule has 1 fully saturated rings. The number of aryl methyl sites for hydroxylation is 2. The Morgan fingerprint density at radius 1 is 1.33 bits per heavy atom. The van der Waals surface area contributed by atoms with Gasteiger partial charge in [-0.05, 0) is 39.4 Å². The van der Waals surface area contributed by atoms with Gasteiger partial charge in [0, 0.05) is 42.8 Å². The smallest absolute Gasteiger partial charge is 0.221 e. The zero-order chi connectivity index (χ0) is 23.8. The van der Waals surface area contributed by atoms with Crippen molar-refractivity contribution in [3.8, 4) is 17.0 Å². The highest BCUT2D eigenvalue weighted by molar-refractivity contribution is 7.91. The molecule has 33 heavy (non-hydrogen) atoms. The third-order valence-corrected chi connectivity index (χ3v) is 7.99. The molecule has 4 rings (SSSR count). The van der Waals surface area contributed by atoms with Crippen LogP contribution in [0.4, 0.5) is 4.39 Å². The maximum absolute atomic E-state index is 14.3. The number of carbonyl (C=O) groups is 1. The molecule has 2 aliphatic rings. The Morgan fingerprint density at radius 2 is 2.12 bits per heavy atom. The average Bonchev–Trinajstić information content (AvgIpc) is 3.34. The number of nitrogens with zero attached hydrogens (tertiary/aromatic N) is 3. The van der Waals surface area contributed by atoms with Crippen molar-refractivity contribution >= 4 is 15.7 Å². The summed E-state index contributed by atoms with van der Waals surface area (Å²) in [4.78, 5) is 23.1. The van der Waals surface area contributed by atoms with Crippen LogP contribution in [0.2, 0.25) is 0 Å². The molecule has 1 amide bonds. The first kappa shape index (κ1) is 23.6. The Hall–Kier alpha value is -2.59. The van der Waals surface area contributed by atoms with E-state index in [0.29, 0.717) is 48.6 Å². The highest BCUT2D eigenvalue weighted by atomic mass is 32.2. The Balaban J connectivity index is 1.34. The van der Waals surface area contributed by atoms with Gasteiger partial charge in [-0.1, -0.05) is 0 Å². The molecular formula is C23H29FN4O4S. The molecule has 0 radical (unpaired) electrons. The minimum absolute atomic E-state index is 0.0306. The van der Waals surface area contributed by atoms with Crippen molar-refractivity contribution in [3.05, 3.63) is 41.1 Å². The lowest BCUT2D eigenvalue weighted by atomic mass is 10.0. The Kier molecular flexibility index (Phi) is 6.67. The van der Waals surface area contributed by atoms with Crippen molar-refractivity contribution in [1.82, 2.24) is 20.2 Å². The fraction of sp³-hybridized carbons (Fsp3) is 0.522. The number of carbonyl (C=O) groups excluding carboxylic acids is 1. The van der Waals surface area contributed by atoms with Crippen LogP contribution < -0.4 is 10.1 Å². The van der Waals surface area contributed by atoms with Gasteiger partial charge in [-0.15, -0.1) is 0 Å². The molecule has 8 nitrogen and oxygen atoms in total. The van der Waals surface area contributed by atoms with E-state index in [1.54, 1.807) is 6.20 Å². The number of hydrogen-bond donors (Lipinski definition) is 1. The van der Waals surface area contributed by atoms with Crippen LogP contribution >= 0.6 is 0 Å². The van der Waals surface area contributed by atoms with Crippen molar-refractivity contribution in [2.45, 2.75) is 45.3 Å². The molecule has 0 spiro atoms. The van der Waals surface area contributed by atoms with Gasteiger partial charge in [0.25, 0.3) is 0 Å². The molecule has 2 aromatic rings. The minimum atomic E-state index is -2.95. The first-order chi connectivity index (χ1) is 15.6. The van der Waals surface area contributed by atoms with Gasteiger partial charge >= 0.3 is 0 Å². The van der Waals surface area contributed by atoms with Crippen LogP contribution in [0.25, 0.3) is 11.3 Å². The van der Waals surface area contributed by atoms with Crippen LogP contribution in [0.1, 0.15) is 29.8 Å². The Labute approximate surface area is 193 Å². The molecule has 1 aromatic carbocycles. The molecular weight excluding hydrogens is 447 g/mol. The van der Waals surface area contributed by atoms with E-state index in [9.17, 15) is 17.6 Å². The van der Waals surface area contributed by atoms with Crippen LogP contribution in [-0.2, 0) is 21.1 Å². The summed E-state index contributed by atoms with van der Waals surface area (Å²) in [6.45, 7) is 4.44. The van der Waals surface area contributed by atoms with Gasteiger partial charge in [-0.3, -0.25) is 9.78 Å². The van der Waals surface area contributed by atoms with E-state index in [2.05, 4.69) is 15.3 Å². The van der Waals surface area contributed by atoms with Gasteiger partial charge in [0.15, 0.2) is 9.84 Å². The number of rotatable bonds is 7. The quantitative estimate of drug-likeness (QED) is 0.651. The SMILES string of the molecule is Cc1cnc(C)c(-c2cc(F)cc3c2O[C@@H](CNC(=O)CCN(C)[C@H]2CCS(=O)(=O)C2)C3)n1. The molecule has 10 heteroatoms. The maximum atomic E-state index is 14.3. The number of fused-ring (bicyclic) bond motifs is 1. The molecule has 2 aliphatic heterocycles. The molecule has 0 bridgehead atoms. The molecule has 3 heterocycles. The predicted octanol–water partition coefficient (Wildman–Crippen LogP) is 1.83. The zero-order valence-electron chi connectivity index (χ0n) is 19.1. The lowest BCUT2D eigenvalue weighted by Crippen LogP contribution is -2.38. The summed E-state index contributed by atoms with van der Waals surface area (Å²) in [5, 5.41) is 2.89. The number of ether oxygens (including phenoxy) is 1. The Morgan fingerprint density at radius 3 is 2.85 bits per heavy atom. The largest absolute Gasteiger partial charge is 0.487 e. The second-order valence-corrected chi connectivity index (χ2v) is 11.2. The first-order valence-corrected chi connectivity index (χ1v) is 12.9. The van der Waals surface area contributed by atoms with Crippen molar-refractivity contribution in [2.75, 3.05) is 31.6 Å². The summed E-state index contributed by atoms with van der Waals surface area (Å²) in [5.74, 6) is 0.457. The number of hydrogen-bond acceptors (Lipinski definition) is 7. The monoisotopic (exact) mass is 476 g/mol. The lowest BCUT2D eigenvalue weighted by molar-refractivity contribution is -0.121. The summed E-state index contributed by atoms with van der Waals surface area (Å²) >= 11 is 0. The van der Waals surface area contributed by atoms with E-state index in [0.717, 1.165) is 11.3 Å². The van der Waals surface area contributed by atoms with Crippen LogP contribution in [0.15, 0.2) is 18.3 Å². The van der Waals surface area contributed by atoms with Gasteiger partial charge in [0.2, 0.25) is 5.91 Å². The molecule has 178 valence electrons. The van der Waals surface area contributed by atoms with Crippen LogP contribution in [0.3, 0.4) is 0 Å². The Bertz CT molecular complexity index is 1170. The normalized spacial score (nSPS) is 21.1. The van der Waals surface area contributed by atoms with E-state index in [1.165, 1.54) is 12.1 Å². The van der Waals surface area contributed by atoms with Crippen molar-refractivity contribution in [3.63, 3.8) is 0 Å². The van der Waals surface area contributed by atoms with Crippen molar-refractivity contribution < 1.29 is 22.3 Å². The van der Waals surface area contributed by atoms with Gasteiger partial charge in [0.1, 0.15) is 17.7 Å². The van der Waals surface area contributed by atoms with Gasteiger partial charge in [0.05, 0.1) is 35.1 Å². The van der Waals surface area contributed by atoms with E-state index < -0.39 is 9.84 Å². The first-order valence-electron chi connectivity index (χ1n) is 11.1. The van der Waals surface area contributed by atoms with E-state index >= 15 is 0 Å². The summed E-state index contributed by atoms with van der Waals surface area (Å²) < 4.78 is 43.7. The molecule has 0 aliphatic carbocycles. The number of sulfone groups is 1. The average molecular weight is 477 g/mol. The van der Waals surface area contributed by atoms with Crippen molar-refractivity contribution in [1.29, 1.82) is 0 Å². The van der Waals surface area contributed by atoms with E-state index in [4.69, 9.17) is 4.74 Å². The van der Waals surface area contributed by atoms with Crippen LogP contribution in [0, 0.1) is 19.7 Å². The fourth-order valence-corrected chi connectivity index (χ4v) is 6.18. The summed E-state index contributed by atoms with van der Waals surface area (Å²) in [6, 6.07) is 2.84. The fourth-order valence-electron chi connectivity index (χ4n) is 4.38. The number of nitrogens with one attached hydrogen (secondary N) is 1. The van der Waals surface area contributed by atoms with Crippen LogP contribution in [-0.4, -0.2) is 73.0 Å². The summed E-state index contributed by atoms with van der Waals surface area (Å²) in [5.41, 5.74) is 3.32. The number of amides is 1. The number of benzene rings is 1. The number of halogens is 1. The second kappa shape index (κ2) is 9.34. The topological polar surface area (TPSA) is 101 Å². The van der Waals surface area contributed by atoms with Crippen molar-refractivity contribution in [2.24, 2.45) is 0 Å². The molecule has 0 unspecified atom stereocenters. The predicted molar refractivity (Wildman–Crippen MR) is 122 cm³/mol. The molecule has 2 atom stereocenters. The van der Waals surface area contributed by atoms with Gasteiger partial charge < -0.3 is 15.0 Å². The molecule has 1 N–H and O–H groups in total. The zero-order valence-corrected chi connectivity index (χ0v) is 19.9. The highest BCUT2D eigenvalue weighted by Crippen LogP contribution is 2.39. The van der Waals surface area contributed by atoms with Gasteiger partial charge in [-0.2, -0.15) is 0 Å². The molecule has 1 aromatic heterocycles. The third-order valence-electron chi connectivity index (χ3n) is 6.24. The van der Waals surface area contributed by atoms with E-state index in [-0.39, 0.29) is 41.8 Å². The molecule has 0 saturated carbocycles. The minimum Gasteiger partial charge on any atom is -0.487 e. The summed E-state index contributed by atoms with van der Waals surface area (Å²) in [6.07, 6.45) is 2.72.